The molecule has 1 atom stereocenters. The lowest BCUT2D eigenvalue weighted by Gasteiger charge is -2.13. The first-order valence-corrected chi connectivity index (χ1v) is 8.02. The molecule has 0 aromatic heterocycles. The monoisotopic (exact) mass is 387 g/mol. The van der Waals surface area contributed by atoms with E-state index in [1.54, 1.807) is 30.3 Å². The van der Waals surface area contributed by atoms with Crippen molar-refractivity contribution >= 4 is 35.0 Å². The number of para-hydroxylation sites is 1. The van der Waals surface area contributed by atoms with Crippen molar-refractivity contribution in [2.24, 2.45) is 0 Å². The van der Waals surface area contributed by atoms with Gasteiger partial charge in [-0.2, -0.15) is 0 Å². The maximum atomic E-state index is 12.2. The molecule has 2 amide bonds. The summed E-state index contributed by atoms with van der Waals surface area (Å²) >= 11 is 0. The van der Waals surface area contributed by atoms with Gasteiger partial charge in [-0.25, -0.2) is 9.59 Å². The van der Waals surface area contributed by atoms with Crippen molar-refractivity contribution in [2.45, 2.75) is 13.0 Å². The van der Waals surface area contributed by atoms with Gasteiger partial charge in [-0.05, 0) is 31.2 Å². The number of anilines is 2. The molecular weight excluding hydrogens is 370 g/mol. The van der Waals surface area contributed by atoms with Crippen LogP contribution in [0.2, 0.25) is 0 Å². The number of imide groups is 1. The predicted octanol–water partition coefficient (Wildman–Crippen LogP) is 2.77. The van der Waals surface area contributed by atoms with E-state index in [9.17, 15) is 24.5 Å². The molecule has 10 nitrogen and oxygen atoms in total. The minimum Gasteiger partial charge on any atom is -0.453 e. The van der Waals surface area contributed by atoms with Crippen LogP contribution in [0.3, 0.4) is 0 Å². The Morgan fingerprint density at radius 1 is 1.11 bits per heavy atom. The van der Waals surface area contributed by atoms with Crippen LogP contribution < -0.4 is 10.6 Å². The molecule has 2 aromatic rings. The average Bonchev–Trinajstić information content (AvgIpc) is 2.68. The highest BCUT2D eigenvalue weighted by Gasteiger charge is 2.23. The first-order chi connectivity index (χ1) is 13.3. The summed E-state index contributed by atoms with van der Waals surface area (Å²) in [5.41, 5.74) is 0.353. The molecule has 0 fully saturated rings. The number of carbonyl (C=O) groups excluding carboxylic acids is 3. The van der Waals surface area contributed by atoms with E-state index in [4.69, 9.17) is 4.74 Å². The largest absolute Gasteiger partial charge is 0.453 e. The maximum absolute atomic E-state index is 12.2. The van der Waals surface area contributed by atoms with Gasteiger partial charge in [0.2, 0.25) is 0 Å². The smallest absolute Gasteiger partial charge is 0.413 e. The molecule has 0 unspecified atom stereocenters. The van der Waals surface area contributed by atoms with Gasteiger partial charge in [0.25, 0.3) is 11.6 Å². The van der Waals surface area contributed by atoms with Gasteiger partial charge >= 0.3 is 12.1 Å². The lowest BCUT2D eigenvalue weighted by molar-refractivity contribution is -0.383. The quantitative estimate of drug-likeness (QED) is 0.438. The minimum atomic E-state index is -1.31. The number of methoxy groups -OCH3 is 1. The number of rotatable bonds is 6. The number of esters is 1. The van der Waals surface area contributed by atoms with Gasteiger partial charge in [0.05, 0.1) is 17.6 Å². The lowest BCUT2D eigenvalue weighted by atomic mass is 10.1. The van der Waals surface area contributed by atoms with Crippen molar-refractivity contribution in [3.8, 4) is 0 Å². The fourth-order valence-electron chi connectivity index (χ4n) is 2.13. The topological polar surface area (TPSA) is 137 Å². The van der Waals surface area contributed by atoms with Gasteiger partial charge in [-0.3, -0.25) is 20.2 Å². The van der Waals surface area contributed by atoms with Gasteiger partial charge in [0.1, 0.15) is 5.69 Å². The number of amides is 2. The summed E-state index contributed by atoms with van der Waals surface area (Å²) in [6, 6.07) is 12.5. The standard InChI is InChI=1S/C18H17N3O7/c1-11(16(22)20-18(24)27-2)28-17(23)12-8-9-14(15(10-12)21(25)26)19-13-6-4-3-5-7-13/h3-11,19H,1-2H3,(H,20,22,24)/t11-/m1/s1. The molecule has 2 aromatic carbocycles. The predicted molar refractivity (Wildman–Crippen MR) is 98.2 cm³/mol. The fourth-order valence-corrected chi connectivity index (χ4v) is 2.13. The van der Waals surface area contributed by atoms with E-state index in [1.807, 2.05) is 5.32 Å². The molecule has 0 saturated carbocycles. The molecule has 0 aliphatic rings. The Labute approximate surface area is 159 Å². The van der Waals surface area contributed by atoms with Crippen LogP contribution in [0.4, 0.5) is 21.9 Å². The van der Waals surface area contributed by atoms with Crippen LogP contribution in [0.25, 0.3) is 0 Å². The Bertz CT molecular complexity index is 899. The Morgan fingerprint density at radius 3 is 2.39 bits per heavy atom. The average molecular weight is 387 g/mol. The molecular formula is C18H17N3O7. The number of ether oxygens (including phenoxy) is 2. The van der Waals surface area contributed by atoms with Crippen LogP contribution in [0.15, 0.2) is 48.5 Å². The summed E-state index contributed by atoms with van der Waals surface area (Å²) < 4.78 is 9.21. The van der Waals surface area contributed by atoms with E-state index in [0.717, 1.165) is 13.2 Å². The Morgan fingerprint density at radius 2 is 1.79 bits per heavy atom. The molecule has 0 aliphatic heterocycles. The molecule has 0 saturated heterocycles. The summed E-state index contributed by atoms with van der Waals surface area (Å²) in [5.74, 6) is -1.85. The molecule has 146 valence electrons. The molecule has 0 heterocycles. The maximum Gasteiger partial charge on any atom is 0.413 e. The van der Waals surface area contributed by atoms with Crippen molar-refractivity contribution in [1.29, 1.82) is 0 Å². The SMILES string of the molecule is COC(=O)NC(=O)[C@@H](C)OC(=O)c1ccc(Nc2ccccc2)c([N+](=O)[O-])c1. The van der Waals surface area contributed by atoms with Gasteiger partial charge < -0.3 is 14.8 Å². The van der Waals surface area contributed by atoms with E-state index in [-0.39, 0.29) is 16.9 Å². The van der Waals surface area contributed by atoms with Gasteiger partial charge in [0, 0.05) is 11.8 Å². The van der Waals surface area contributed by atoms with E-state index in [0.29, 0.717) is 5.69 Å². The Kier molecular flexibility index (Phi) is 6.63. The highest BCUT2D eigenvalue weighted by molar-refractivity contribution is 5.97. The number of benzene rings is 2. The van der Waals surface area contributed by atoms with Gasteiger partial charge in [0.15, 0.2) is 6.10 Å². The number of nitrogens with one attached hydrogen (secondary N) is 2. The van der Waals surface area contributed by atoms with Crippen LogP contribution in [-0.2, 0) is 14.3 Å². The third-order valence-corrected chi connectivity index (χ3v) is 3.55. The second kappa shape index (κ2) is 9.12. The first-order valence-electron chi connectivity index (χ1n) is 8.02. The second-order valence-electron chi connectivity index (χ2n) is 5.51. The Hall–Kier alpha value is -3.95. The normalized spacial score (nSPS) is 11.1. The number of carbonyl (C=O) groups is 3. The number of alkyl carbamates (subject to hydrolysis) is 1. The van der Waals surface area contributed by atoms with E-state index in [2.05, 4.69) is 10.1 Å². The molecule has 28 heavy (non-hydrogen) atoms. The number of nitro groups is 1. The molecule has 0 spiro atoms. The number of nitrogens with zero attached hydrogens (tertiary/aromatic N) is 1. The van der Waals surface area contributed by atoms with Gasteiger partial charge in [-0.1, -0.05) is 18.2 Å². The third kappa shape index (κ3) is 5.27. The van der Waals surface area contributed by atoms with Crippen LogP contribution in [0, 0.1) is 10.1 Å². The van der Waals surface area contributed by atoms with Crippen LogP contribution >= 0.6 is 0 Å². The van der Waals surface area contributed by atoms with Crippen LogP contribution in [0.5, 0.6) is 0 Å². The summed E-state index contributed by atoms with van der Waals surface area (Å²) in [6.07, 6.45) is -2.31. The third-order valence-electron chi connectivity index (χ3n) is 3.55. The zero-order chi connectivity index (χ0) is 20.7. The summed E-state index contributed by atoms with van der Waals surface area (Å²) in [7, 11) is 1.07. The molecule has 0 bridgehead atoms. The number of nitro benzene ring substituents is 1. The summed E-state index contributed by atoms with van der Waals surface area (Å²) in [5, 5.41) is 16.1. The molecule has 2 rings (SSSR count). The Balaban J connectivity index is 2.16. The molecule has 10 heteroatoms. The van der Waals surface area contributed by atoms with Crippen molar-refractivity contribution in [3.63, 3.8) is 0 Å². The van der Waals surface area contributed by atoms with Gasteiger partial charge in [-0.15, -0.1) is 0 Å². The zero-order valence-electron chi connectivity index (χ0n) is 15.0. The van der Waals surface area contributed by atoms with E-state index in [1.165, 1.54) is 19.1 Å². The number of hydrogen-bond acceptors (Lipinski definition) is 8. The highest BCUT2D eigenvalue weighted by atomic mass is 16.6. The van der Waals surface area contributed by atoms with Crippen LogP contribution in [0.1, 0.15) is 17.3 Å². The van der Waals surface area contributed by atoms with Crippen molar-refractivity contribution < 1.29 is 28.8 Å². The van der Waals surface area contributed by atoms with Crippen molar-refractivity contribution in [1.82, 2.24) is 5.32 Å². The highest BCUT2D eigenvalue weighted by Crippen LogP contribution is 2.29. The fraction of sp³-hybridized carbons (Fsp3) is 0.167. The number of hydrogen-bond donors (Lipinski definition) is 2. The second-order valence-corrected chi connectivity index (χ2v) is 5.51. The van der Waals surface area contributed by atoms with Crippen molar-refractivity contribution in [2.75, 3.05) is 12.4 Å². The minimum absolute atomic E-state index is 0.122. The lowest BCUT2D eigenvalue weighted by Crippen LogP contribution is -2.39. The molecule has 2 N–H and O–H groups in total. The molecule has 0 radical (unpaired) electrons. The zero-order valence-corrected chi connectivity index (χ0v) is 15.0. The summed E-state index contributed by atoms with van der Waals surface area (Å²) in [6.45, 7) is 1.25. The van der Waals surface area contributed by atoms with Crippen LogP contribution in [-0.4, -0.2) is 36.1 Å². The first kappa shape index (κ1) is 20.4. The molecule has 0 aliphatic carbocycles. The van der Waals surface area contributed by atoms with E-state index < -0.39 is 29.0 Å². The van der Waals surface area contributed by atoms with E-state index >= 15 is 0 Å². The van der Waals surface area contributed by atoms with Crippen molar-refractivity contribution in [3.05, 3.63) is 64.2 Å². The summed E-state index contributed by atoms with van der Waals surface area (Å²) in [4.78, 5) is 45.6.